The van der Waals surface area contributed by atoms with Crippen LogP contribution in [-0.2, 0) is 6.54 Å². The van der Waals surface area contributed by atoms with Crippen molar-refractivity contribution in [3.63, 3.8) is 0 Å². The molecule has 0 heterocycles. The van der Waals surface area contributed by atoms with Gasteiger partial charge in [-0.05, 0) is 65.4 Å². The first-order chi connectivity index (χ1) is 10.2. The lowest BCUT2D eigenvalue weighted by Gasteiger charge is -2.11. The molecule has 0 aliphatic carbocycles. The highest BCUT2D eigenvalue weighted by Crippen LogP contribution is 2.16. The maximum Gasteiger partial charge on any atom is 0.191 e. The predicted molar refractivity (Wildman–Crippen MR) is 110 cm³/mol. The summed E-state index contributed by atoms with van der Waals surface area (Å²) in [4.78, 5) is 4.48. The second kappa shape index (κ2) is 13.4. The van der Waals surface area contributed by atoms with Gasteiger partial charge in [0.25, 0.3) is 0 Å². The van der Waals surface area contributed by atoms with E-state index in [0.29, 0.717) is 11.0 Å². The third kappa shape index (κ3) is 9.19. The van der Waals surface area contributed by atoms with Crippen LogP contribution in [-0.4, -0.2) is 31.1 Å². The zero-order valence-electron chi connectivity index (χ0n) is 13.0. The number of nitrogens with one attached hydrogen (secondary N) is 2. The summed E-state index contributed by atoms with van der Waals surface area (Å²) in [7, 11) is 0. The molecule has 0 aliphatic heterocycles. The molecule has 0 spiro atoms. The fourth-order valence-electron chi connectivity index (χ4n) is 1.73. The van der Waals surface area contributed by atoms with Crippen LogP contribution in [0.3, 0.4) is 0 Å². The fraction of sp³-hybridized carbons (Fsp3) is 0.533. The van der Waals surface area contributed by atoms with Crippen LogP contribution in [0.2, 0.25) is 0 Å². The van der Waals surface area contributed by atoms with Crippen molar-refractivity contribution in [3.8, 4) is 0 Å². The van der Waals surface area contributed by atoms with Gasteiger partial charge in [-0.2, -0.15) is 11.8 Å². The van der Waals surface area contributed by atoms with Crippen LogP contribution in [0.4, 0.5) is 4.39 Å². The third-order valence-electron chi connectivity index (χ3n) is 2.82. The minimum Gasteiger partial charge on any atom is -0.357 e. The minimum absolute atomic E-state index is 0. The molecule has 126 valence electrons. The molecule has 0 saturated heterocycles. The topological polar surface area (TPSA) is 36.4 Å². The Bertz CT molecular complexity index is 460. The van der Waals surface area contributed by atoms with Gasteiger partial charge in [0, 0.05) is 13.1 Å². The van der Waals surface area contributed by atoms with Gasteiger partial charge in [0.05, 0.1) is 11.0 Å². The molecule has 0 atom stereocenters. The molecule has 0 bridgehead atoms. The van der Waals surface area contributed by atoms with Crippen molar-refractivity contribution < 1.29 is 4.39 Å². The normalized spacial score (nSPS) is 11.0. The molecular weight excluding hydrogens is 480 g/mol. The van der Waals surface area contributed by atoms with Crippen LogP contribution in [0, 0.1) is 5.82 Å². The second-order valence-electron chi connectivity index (χ2n) is 4.57. The Hall–Kier alpha value is -0.0200. The van der Waals surface area contributed by atoms with Crippen molar-refractivity contribution in [1.29, 1.82) is 0 Å². The van der Waals surface area contributed by atoms with Crippen molar-refractivity contribution in [2.75, 3.05) is 25.1 Å². The average molecular weight is 504 g/mol. The van der Waals surface area contributed by atoms with E-state index in [2.05, 4.69) is 37.8 Å². The van der Waals surface area contributed by atoms with Crippen LogP contribution in [0.1, 0.15) is 25.3 Å². The van der Waals surface area contributed by atoms with Gasteiger partial charge in [-0.15, -0.1) is 24.0 Å². The molecule has 1 rings (SSSR count). The Morgan fingerprint density at radius 1 is 1.32 bits per heavy atom. The Labute approximate surface area is 162 Å². The van der Waals surface area contributed by atoms with E-state index in [0.717, 1.165) is 31.0 Å². The first-order valence-electron chi connectivity index (χ1n) is 7.12. The van der Waals surface area contributed by atoms with Crippen LogP contribution in [0.15, 0.2) is 27.7 Å². The molecule has 0 aliphatic rings. The minimum atomic E-state index is -0.252. The fourth-order valence-corrected chi connectivity index (χ4v) is 2.47. The van der Waals surface area contributed by atoms with Gasteiger partial charge in [0.15, 0.2) is 5.96 Å². The van der Waals surface area contributed by atoms with Crippen molar-refractivity contribution in [1.82, 2.24) is 10.6 Å². The summed E-state index contributed by atoms with van der Waals surface area (Å²) in [6.45, 7) is 4.21. The van der Waals surface area contributed by atoms with Crippen LogP contribution in [0.5, 0.6) is 0 Å². The SMILES string of the molecule is CCNC(=NCc1ccc(Br)c(F)c1)NCCCCSC.I. The first-order valence-corrected chi connectivity index (χ1v) is 9.31. The Morgan fingerprint density at radius 3 is 2.73 bits per heavy atom. The summed E-state index contributed by atoms with van der Waals surface area (Å²) < 4.78 is 13.9. The molecule has 0 fully saturated rings. The zero-order chi connectivity index (χ0) is 15.5. The highest BCUT2D eigenvalue weighted by molar-refractivity contribution is 14.0. The summed E-state index contributed by atoms with van der Waals surface area (Å²) in [5.41, 5.74) is 0.857. The van der Waals surface area contributed by atoms with Gasteiger partial charge in [-0.3, -0.25) is 0 Å². The summed E-state index contributed by atoms with van der Waals surface area (Å²) in [6, 6.07) is 5.09. The Balaban J connectivity index is 0.00000441. The van der Waals surface area contributed by atoms with E-state index in [-0.39, 0.29) is 29.8 Å². The molecule has 0 aromatic heterocycles. The second-order valence-corrected chi connectivity index (χ2v) is 6.41. The lowest BCUT2D eigenvalue weighted by Crippen LogP contribution is -2.37. The molecular formula is C15H24BrFIN3S. The van der Waals surface area contributed by atoms with E-state index in [1.807, 2.05) is 24.8 Å². The standard InChI is InChI=1S/C15H23BrFN3S.HI/c1-3-18-15(19-8-4-5-9-21-2)20-11-12-6-7-13(16)14(17)10-12;/h6-7,10H,3-5,8-9,11H2,1-2H3,(H2,18,19,20);1H. The van der Waals surface area contributed by atoms with E-state index in [1.54, 1.807) is 6.07 Å². The van der Waals surface area contributed by atoms with Crippen LogP contribution in [0.25, 0.3) is 0 Å². The van der Waals surface area contributed by atoms with Gasteiger partial charge < -0.3 is 10.6 Å². The lowest BCUT2D eigenvalue weighted by molar-refractivity contribution is 0.618. The van der Waals surface area contributed by atoms with Crippen molar-refractivity contribution in [2.24, 2.45) is 4.99 Å². The van der Waals surface area contributed by atoms with Gasteiger partial charge >= 0.3 is 0 Å². The van der Waals surface area contributed by atoms with Crippen LogP contribution < -0.4 is 10.6 Å². The number of guanidine groups is 1. The largest absolute Gasteiger partial charge is 0.357 e. The zero-order valence-corrected chi connectivity index (χ0v) is 17.7. The quantitative estimate of drug-likeness (QED) is 0.239. The van der Waals surface area contributed by atoms with Gasteiger partial charge in [-0.1, -0.05) is 6.07 Å². The lowest BCUT2D eigenvalue weighted by atomic mass is 10.2. The number of aliphatic imine (C=N–C) groups is 1. The number of halogens is 3. The molecule has 22 heavy (non-hydrogen) atoms. The highest BCUT2D eigenvalue weighted by atomic mass is 127. The molecule has 0 unspecified atom stereocenters. The third-order valence-corrected chi connectivity index (χ3v) is 4.16. The smallest absolute Gasteiger partial charge is 0.191 e. The number of thioether (sulfide) groups is 1. The Morgan fingerprint density at radius 2 is 2.09 bits per heavy atom. The monoisotopic (exact) mass is 503 g/mol. The van der Waals surface area contributed by atoms with Gasteiger partial charge in [0.1, 0.15) is 5.82 Å². The summed E-state index contributed by atoms with van der Waals surface area (Å²) in [5, 5.41) is 6.50. The molecule has 1 aromatic rings. The summed E-state index contributed by atoms with van der Waals surface area (Å²) in [6.07, 6.45) is 4.44. The van der Waals surface area contributed by atoms with Crippen molar-refractivity contribution >= 4 is 57.6 Å². The number of hydrogen-bond donors (Lipinski definition) is 2. The predicted octanol–water partition coefficient (Wildman–Crippen LogP) is 4.40. The number of benzene rings is 1. The number of hydrogen-bond acceptors (Lipinski definition) is 2. The first kappa shape index (κ1) is 22.0. The maximum absolute atomic E-state index is 13.4. The molecule has 2 N–H and O–H groups in total. The number of unbranched alkanes of at least 4 members (excludes halogenated alkanes) is 1. The maximum atomic E-state index is 13.4. The Kier molecular flexibility index (Phi) is 13.4. The average Bonchev–Trinajstić information content (AvgIpc) is 2.48. The van der Waals surface area contributed by atoms with E-state index in [1.165, 1.54) is 18.2 Å². The number of rotatable bonds is 8. The highest BCUT2D eigenvalue weighted by Gasteiger charge is 2.01. The van der Waals surface area contributed by atoms with E-state index < -0.39 is 0 Å². The molecule has 0 radical (unpaired) electrons. The van der Waals surface area contributed by atoms with E-state index >= 15 is 0 Å². The van der Waals surface area contributed by atoms with Crippen LogP contribution >= 0.6 is 51.7 Å². The molecule has 0 amide bonds. The van der Waals surface area contributed by atoms with Crippen molar-refractivity contribution in [2.45, 2.75) is 26.3 Å². The van der Waals surface area contributed by atoms with Gasteiger partial charge in [-0.25, -0.2) is 9.38 Å². The molecule has 3 nitrogen and oxygen atoms in total. The number of nitrogens with zero attached hydrogens (tertiary/aromatic N) is 1. The van der Waals surface area contributed by atoms with E-state index in [4.69, 9.17) is 0 Å². The van der Waals surface area contributed by atoms with E-state index in [9.17, 15) is 4.39 Å². The molecule has 7 heteroatoms. The summed E-state index contributed by atoms with van der Waals surface area (Å²) >= 11 is 5.02. The molecule has 0 saturated carbocycles. The van der Waals surface area contributed by atoms with Gasteiger partial charge in [0.2, 0.25) is 0 Å². The summed E-state index contributed by atoms with van der Waals surface area (Å²) in [5.74, 6) is 1.72. The van der Waals surface area contributed by atoms with Crippen molar-refractivity contribution in [3.05, 3.63) is 34.1 Å². The molecule has 1 aromatic carbocycles.